The zero-order valence-corrected chi connectivity index (χ0v) is 9.41. The Kier molecular flexibility index (Phi) is 3.62. The molecule has 7 nitrogen and oxygen atoms in total. The van der Waals surface area contributed by atoms with E-state index in [2.05, 4.69) is 0 Å². The van der Waals surface area contributed by atoms with Crippen molar-refractivity contribution in [3.8, 4) is 5.75 Å². The molecular formula is C10H12N2O5. The molecule has 0 aliphatic carbocycles. The molecule has 0 saturated heterocycles. The van der Waals surface area contributed by atoms with E-state index in [1.807, 2.05) is 6.92 Å². The van der Waals surface area contributed by atoms with Crippen molar-refractivity contribution < 1.29 is 15.0 Å². The van der Waals surface area contributed by atoms with E-state index in [0.29, 0.717) is 6.42 Å². The predicted molar refractivity (Wildman–Crippen MR) is 60.1 cm³/mol. The molecule has 1 aromatic rings. The smallest absolute Gasteiger partial charge is 0.317 e. The Morgan fingerprint density at radius 1 is 1.29 bits per heavy atom. The van der Waals surface area contributed by atoms with Gasteiger partial charge in [-0.05, 0) is 12.3 Å². The number of hydrogen-bond acceptors (Lipinski definition) is 5. The fourth-order valence-electron chi connectivity index (χ4n) is 1.47. The SMILES string of the molecule is CCC(C)[13c]1[13cH][13c]([N+](=O)[O-])[13cH][13c]([N+](=O)[O-])[13c]1O. The molecule has 0 heterocycles. The molecule has 1 aromatic carbocycles. The van der Waals surface area contributed by atoms with Gasteiger partial charge in [-0.2, -0.15) is 0 Å². The highest BCUT2D eigenvalue weighted by molar-refractivity contribution is 5.58. The zero-order chi connectivity index (χ0) is 13.2. The van der Waals surface area contributed by atoms with E-state index in [9.17, 15) is 25.3 Å². The van der Waals surface area contributed by atoms with E-state index in [4.69, 9.17) is 0 Å². The molecule has 7 heteroatoms. The van der Waals surface area contributed by atoms with Gasteiger partial charge in [-0.1, -0.05) is 13.8 Å². The van der Waals surface area contributed by atoms with Gasteiger partial charge in [0.2, 0.25) is 0 Å². The highest BCUT2D eigenvalue weighted by atomic mass is 16.7. The molecule has 1 rings (SSSR count). The van der Waals surface area contributed by atoms with Crippen LogP contribution >= 0.6 is 0 Å². The number of aromatic hydroxyl groups is 1. The van der Waals surface area contributed by atoms with Crippen molar-refractivity contribution in [1.29, 1.82) is 0 Å². The van der Waals surface area contributed by atoms with Gasteiger partial charge in [0.05, 0.1) is 15.9 Å². The fourth-order valence-corrected chi connectivity index (χ4v) is 1.47. The molecule has 0 aliphatic rings. The van der Waals surface area contributed by atoms with Gasteiger partial charge >= 0.3 is 5.69 Å². The van der Waals surface area contributed by atoms with Crippen molar-refractivity contribution in [1.82, 2.24) is 0 Å². The number of nitro benzene ring substituents is 2. The van der Waals surface area contributed by atoms with Crippen LogP contribution in [-0.4, -0.2) is 15.0 Å². The molecule has 92 valence electrons. The number of phenols is 1. The maximum absolute atomic E-state index is 10.7. The molecule has 17 heavy (non-hydrogen) atoms. The third kappa shape index (κ3) is 2.49. The summed E-state index contributed by atoms with van der Waals surface area (Å²) in [6.45, 7) is 3.57. The van der Waals surface area contributed by atoms with Crippen LogP contribution in [0.3, 0.4) is 0 Å². The number of rotatable bonds is 4. The standard InChI is InChI=1S/C10H12N2O5/c1-3-6(2)8-4-7(11(14)15)5-9(10(8)13)12(16)17/h4-6,13H,3H2,1-2H3/i4+1,5+1,7+1,8+1,9+1,10+1. The maximum Gasteiger partial charge on any atom is 0.317 e. The lowest BCUT2D eigenvalue weighted by atomic mass is 10.2. The molecule has 1 N–H and O–H groups in total. The van der Waals surface area contributed by atoms with Gasteiger partial charge < -0.3 is 5.11 Å². The Labute approximate surface area is 97.0 Å². The van der Waals surface area contributed by atoms with E-state index in [0.717, 1.165) is 6.07 Å². The lowest BCUT2D eigenvalue weighted by Crippen LogP contribution is -1.99. The summed E-state index contributed by atoms with van der Waals surface area (Å²) >= 11 is 0. The van der Waals surface area contributed by atoms with Crippen LogP contribution < -0.4 is 0 Å². The Morgan fingerprint density at radius 2 is 1.88 bits per heavy atom. The van der Waals surface area contributed by atoms with Crippen LogP contribution in [0, 0.1) is 20.2 Å². The van der Waals surface area contributed by atoms with Crippen LogP contribution in [0.15, 0.2) is 12.1 Å². The quantitative estimate of drug-likeness (QED) is 0.649. The van der Waals surface area contributed by atoms with Crippen LogP contribution in [0.4, 0.5) is 11.4 Å². The minimum absolute atomic E-state index is 0.186. The van der Waals surface area contributed by atoms with Crippen LogP contribution in [-0.2, 0) is 0 Å². The third-order valence-corrected chi connectivity index (χ3v) is 2.65. The molecule has 0 bridgehead atoms. The molecule has 0 radical (unpaired) electrons. The second-order valence-corrected chi connectivity index (χ2v) is 3.73. The average Bonchev–Trinajstić information content (AvgIpc) is 2.27. The first kappa shape index (κ1) is 12.9. The first-order valence-corrected chi connectivity index (χ1v) is 5.04. The van der Waals surface area contributed by atoms with Gasteiger partial charge in [0.1, 0.15) is 0 Å². The molecule has 1 unspecified atom stereocenters. The summed E-state index contributed by atoms with van der Waals surface area (Å²) < 4.78 is 0. The molecule has 0 amide bonds. The molecule has 0 aliphatic heterocycles. The van der Waals surface area contributed by atoms with E-state index in [-0.39, 0.29) is 17.2 Å². The van der Waals surface area contributed by atoms with Crippen LogP contribution in [0.1, 0.15) is 31.7 Å². The molecular weight excluding hydrogens is 234 g/mol. The zero-order valence-electron chi connectivity index (χ0n) is 9.41. The number of non-ortho nitro benzene ring substituents is 1. The summed E-state index contributed by atoms with van der Waals surface area (Å²) in [5.74, 6) is -0.677. The molecule has 0 fully saturated rings. The maximum atomic E-state index is 10.7. The molecule has 0 aromatic heterocycles. The van der Waals surface area contributed by atoms with Crippen molar-refractivity contribution >= 4 is 11.4 Å². The van der Waals surface area contributed by atoms with Crippen LogP contribution in [0.2, 0.25) is 0 Å². The first-order chi connectivity index (χ1) is 7.88. The van der Waals surface area contributed by atoms with Gasteiger partial charge in [-0.3, -0.25) is 20.2 Å². The van der Waals surface area contributed by atoms with Crippen molar-refractivity contribution in [3.05, 3.63) is 37.9 Å². The van der Waals surface area contributed by atoms with E-state index in [1.165, 1.54) is 6.07 Å². The van der Waals surface area contributed by atoms with E-state index >= 15 is 0 Å². The number of benzene rings is 1. The molecule has 0 spiro atoms. The van der Waals surface area contributed by atoms with Crippen molar-refractivity contribution in [2.75, 3.05) is 0 Å². The third-order valence-electron chi connectivity index (χ3n) is 2.65. The predicted octanol–water partition coefficient (Wildman–Crippen LogP) is 2.72. The largest absolute Gasteiger partial charge is 0.502 e. The second-order valence-electron chi connectivity index (χ2n) is 3.73. The second kappa shape index (κ2) is 4.77. The van der Waals surface area contributed by atoms with Crippen molar-refractivity contribution in [2.45, 2.75) is 26.2 Å². The summed E-state index contributed by atoms with van der Waals surface area (Å²) in [6, 6.07) is 1.94. The lowest BCUT2D eigenvalue weighted by Gasteiger charge is -2.10. The van der Waals surface area contributed by atoms with E-state index in [1.54, 1.807) is 6.92 Å². The highest BCUT2D eigenvalue weighted by Gasteiger charge is 2.25. The van der Waals surface area contributed by atoms with Gasteiger partial charge in [-0.15, -0.1) is 0 Å². The molecule has 0 saturated carbocycles. The van der Waals surface area contributed by atoms with Crippen LogP contribution in [0.25, 0.3) is 0 Å². The monoisotopic (exact) mass is 246 g/mol. The number of nitro groups is 2. The minimum Gasteiger partial charge on any atom is -0.502 e. The summed E-state index contributed by atoms with van der Waals surface area (Å²) in [7, 11) is 0. The average molecular weight is 246 g/mol. The Hall–Kier alpha value is -2.18. The summed E-state index contributed by atoms with van der Waals surface area (Å²) in [5.41, 5.74) is -0.785. The Balaban J connectivity index is 3.48. The number of phenolic OH excluding ortho intramolecular Hbond substituents is 1. The number of hydrogen-bond donors (Lipinski definition) is 1. The summed E-state index contributed by atoms with van der Waals surface area (Å²) in [6.07, 6.45) is 0.617. The Morgan fingerprint density at radius 3 is 2.29 bits per heavy atom. The molecule has 1 atom stereocenters. The topological polar surface area (TPSA) is 107 Å². The van der Waals surface area contributed by atoms with Crippen molar-refractivity contribution in [3.63, 3.8) is 0 Å². The summed E-state index contributed by atoms with van der Waals surface area (Å²) in [4.78, 5) is 19.8. The van der Waals surface area contributed by atoms with E-state index < -0.39 is 21.3 Å². The van der Waals surface area contributed by atoms with Crippen LogP contribution in [0.5, 0.6) is 5.75 Å². The van der Waals surface area contributed by atoms with Gasteiger partial charge in [0, 0.05) is 11.6 Å². The van der Waals surface area contributed by atoms with Gasteiger partial charge in [0.15, 0.2) is 5.75 Å². The normalized spacial score (nSPS) is 12.1. The Bertz CT molecular complexity index is 472. The van der Waals surface area contributed by atoms with Gasteiger partial charge in [-0.25, -0.2) is 0 Å². The summed E-state index contributed by atoms with van der Waals surface area (Å²) in [5, 5.41) is 31.0. The number of nitrogens with zero attached hydrogens (tertiary/aromatic N) is 2. The van der Waals surface area contributed by atoms with Crippen molar-refractivity contribution in [2.24, 2.45) is 0 Å². The lowest BCUT2D eigenvalue weighted by molar-refractivity contribution is -0.394. The highest BCUT2D eigenvalue weighted by Crippen LogP contribution is 2.38. The minimum atomic E-state index is -0.825. The fraction of sp³-hybridized carbons (Fsp3) is 0.400. The first-order valence-electron chi connectivity index (χ1n) is 5.04. The van der Waals surface area contributed by atoms with Gasteiger partial charge in [0.25, 0.3) is 5.69 Å².